The first-order chi connectivity index (χ1) is 25.3. The van der Waals surface area contributed by atoms with Crippen molar-refractivity contribution in [3.8, 4) is 34.2 Å². The Labute approximate surface area is 292 Å². The van der Waals surface area contributed by atoms with Crippen LogP contribution in [0.25, 0.3) is 99.7 Å². The molecule has 0 fully saturated rings. The molecule has 0 spiro atoms. The van der Waals surface area contributed by atoms with Crippen molar-refractivity contribution in [2.45, 2.75) is 0 Å². The zero-order valence-corrected chi connectivity index (χ0v) is 27.4. The van der Waals surface area contributed by atoms with Gasteiger partial charge in [0.2, 0.25) is 5.95 Å². The summed E-state index contributed by atoms with van der Waals surface area (Å²) in [6, 6.07) is 59.4. The minimum absolute atomic E-state index is 0.631. The Balaban J connectivity index is 1.29. The Kier molecular flexibility index (Phi) is 5.89. The van der Waals surface area contributed by atoms with Gasteiger partial charge in [0.15, 0.2) is 0 Å². The van der Waals surface area contributed by atoms with Crippen molar-refractivity contribution in [3.63, 3.8) is 0 Å². The number of hydrogen-bond acceptors (Lipinski definition) is 3. The maximum absolute atomic E-state index is 6.41. The van der Waals surface area contributed by atoms with Crippen LogP contribution in [0, 0.1) is 0 Å². The SMILES string of the molecule is c1ccc(-c2cc(-c3ccccc3)nc(-n3c4ccccc4c4cc5c6ccc7oc8ccccc8c7c6n(-c6ccccc6)c5cc43)n2)cc1. The van der Waals surface area contributed by atoms with Crippen LogP contribution in [0.2, 0.25) is 0 Å². The van der Waals surface area contributed by atoms with Crippen LogP contribution < -0.4 is 0 Å². The second-order valence-corrected chi connectivity index (χ2v) is 13.0. The minimum Gasteiger partial charge on any atom is -0.456 e. The number of rotatable bonds is 4. The van der Waals surface area contributed by atoms with Gasteiger partial charge in [0.1, 0.15) is 11.2 Å². The van der Waals surface area contributed by atoms with Crippen LogP contribution in [-0.2, 0) is 0 Å². The van der Waals surface area contributed by atoms with Gasteiger partial charge in [-0.05, 0) is 54.6 Å². The topological polar surface area (TPSA) is 48.8 Å². The quantitative estimate of drug-likeness (QED) is 0.190. The third-order valence-electron chi connectivity index (χ3n) is 10.1. The monoisotopic (exact) mass is 652 g/mol. The standard InChI is InChI=1S/C46H28N4O/c1-4-14-29(15-5-1)37-27-38(30-16-6-2-7-17-30)48-46(47-37)50-39-22-12-10-20-32(39)35-26-36-33-24-25-43-44(34-21-11-13-23-42(34)51-43)45(33)49(40(36)28-41(35)50)31-18-8-3-9-19-31/h1-28H. The van der Waals surface area contributed by atoms with Gasteiger partial charge in [0.25, 0.3) is 0 Å². The van der Waals surface area contributed by atoms with Crippen molar-refractivity contribution in [2.75, 3.05) is 0 Å². The number of benzene rings is 7. The highest BCUT2D eigenvalue weighted by Gasteiger charge is 2.23. The van der Waals surface area contributed by atoms with Crippen molar-refractivity contribution < 1.29 is 4.42 Å². The zero-order valence-electron chi connectivity index (χ0n) is 27.4. The molecule has 0 aliphatic rings. The summed E-state index contributed by atoms with van der Waals surface area (Å²) in [6.45, 7) is 0. The molecule has 51 heavy (non-hydrogen) atoms. The minimum atomic E-state index is 0.631. The first-order valence-corrected chi connectivity index (χ1v) is 17.2. The van der Waals surface area contributed by atoms with E-state index in [0.717, 1.165) is 83.0 Å². The predicted octanol–water partition coefficient (Wildman–Crippen LogP) is 11.9. The summed E-state index contributed by atoms with van der Waals surface area (Å²) < 4.78 is 11.0. The Bertz CT molecular complexity index is 3060. The normalized spacial score (nSPS) is 11.9. The molecule has 5 heteroatoms. The van der Waals surface area contributed by atoms with E-state index in [-0.39, 0.29) is 0 Å². The summed E-state index contributed by atoms with van der Waals surface area (Å²) >= 11 is 0. The predicted molar refractivity (Wildman–Crippen MR) is 209 cm³/mol. The Morgan fingerprint density at radius 3 is 1.71 bits per heavy atom. The van der Waals surface area contributed by atoms with Crippen molar-refractivity contribution >= 4 is 65.6 Å². The molecular weight excluding hydrogens is 625 g/mol. The molecule has 11 rings (SSSR count). The fourth-order valence-electron chi connectivity index (χ4n) is 7.88. The van der Waals surface area contributed by atoms with Gasteiger partial charge in [-0.1, -0.05) is 115 Å². The van der Waals surface area contributed by atoms with Gasteiger partial charge in [-0.15, -0.1) is 0 Å². The average Bonchev–Trinajstić information content (AvgIpc) is 3.85. The molecule has 0 radical (unpaired) electrons. The molecule has 4 heterocycles. The van der Waals surface area contributed by atoms with Gasteiger partial charge in [-0.25, -0.2) is 9.97 Å². The number of furan rings is 1. The third-order valence-corrected chi connectivity index (χ3v) is 10.1. The number of nitrogens with zero attached hydrogens (tertiary/aromatic N) is 4. The molecule has 238 valence electrons. The van der Waals surface area contributed by atoms with Crippen LogP contribution in [0.1, 0.15) is 0 Å². The number of hydrogen-bond donors (Lipinski definition) is 0. The highest BCUT2D eigenvalue weighted by Crippen LogP contribution is 2.43. The Hall–Kier alpha value is -6.98. The maximum Gasteiger partial charge on any atom is 0.235 e. The Morgan fingerprint density at radius 2 is 0.980 bits per heavy atom. The maximum atomic E-state index is 6.41. The van der Waals surface area contributed by atoms with E-state index in [4.69, 9.17) is 14.4 Å². The van der Waals surface area contributed by atoms with Crippen molar-refractivity contribution in [3.05, 3.63) is 170 Å². The molecule has 0 atom stereocenters. The number of fused-ring (bicyclic) bond motifs is 10. The van der Waals surface area contributed by atoms with E-state index in [0.29, 0.717) is 5.95 Å². The molecule has 0 saturated carbocycles. The fourth-order valence-corrected chi connectivity index (χ4v) is 7.88. The summed E-state index contributed by atoms with van der Waals surface area (Å²) in [7, 11) is 0. The lowest BCUT2D eigenvalue weighted by molar-refractivity contribution is 0.669. The summed E-state index contributed by atoms with van der Waals surface area (Å²) in [6.07, 6.45) is 0. The van der Waals surface area contributed by atoms with Crippen LogP contribution in [0.3, 0.4) is 0 Å². The smallest absolute Gasteiger partial charge is 0.235 e. The van der Waals surface area contributed by atoms with Crippen molar-refractivity contribution in [2.24, 2.45) is 0 Å². The van der Waals surface area contributed by atoms with Crippen LogP contribution in [0.4, 0.5) is 0 Å². The van der Waals surface area contributed by atoms with E-state index < -0.39 is 0 Å². The fraction of sp³-hybridized carbons (Fsp3) is 0. The molecule has 5 nitrogen and oxygen atoms in total. The number of aromatic nitrogens is 4. The van der Waals surface area contributed by atoms with Gasteiger partial charge in [-0.2, -0.15) is 0 Å². The van der Waals surface area contributed by atoms with Gasteiger partial charge in [-0.3, -0.25) is 4.57 Å². The van der Waals surface area contributed by atoms with E-state index in [1.165, 1.54) is 10.8 Å². The van der Waals surface area contributed by atoms with E-state index in [2.05, 4.69) is 155 Å². The van der Waals surface area contributed by atoms with Gasteiger partial charge in [0, 0.05) is 43.7 Å². The van der Waals surface area contributed by atoms with Gasteiger partial charge >= 0.3 is 0 Å². The average molecular weight is 653 g/mol. The highest BCUT2D eigenvalue weighted by atomic mass is 16.3. The van der Waals surface area contributed by atoms with Crippen molar-refractivity contribution in [1.29, 1.82) is 0 Å². The second-order valence-electron chi connectivity index (χ2n) is 13.0. The van der Waals surface area contributed by atoms with E-state index in [1.54, 1.807) is 0 Å². The molecule has 0 bridgehead atoms. The van der Waals surface area contributed by atoms with E-state index in [1.807, 2.05) is 24.3 Å². The van der Waals surface area contributed by atoms with Crippen LogP contribution in [0.15, 0.2) is 174 Å². The number of para-hydroxylation sites is 3. The van der Waals surface area contributed by atoms with Crippen LogP contribution in [0.5, 0.6) is 0 Å². The summed E-state index contributed by atoms with van der Waals surface area (Å²) in [5.74, 6) is 0.631. The highest BCUT2D eigenvalue weighted by molar-refractivity contribution is 6.26. The molecule has 0 saturated heterocycles. The lowest BCUT2D eigenvalue weighted by atomic mass is 10.1. The van der Waals surface area contributed by atoms with E-state index >= 15 is 0 Å². The van der Waals surface area contributed by atoms with Gasteiger partial charge < -0.3 is 8.98 Å². The summed E-state index contributed by atoms with van der Waals surface area (Å²) in [4.78, 5) is 10.6. The van der Waals surface area contributed by atoms with Gasteiger partial charge in [0.05, 0.1) is 38.8 Å². The molecule has 7 aromatic carbocycles. The molecule has 11 aromatic rings. The Morgan fingerprint density at radius 1 is 0.392 bits per heavy atom. The molecule has 0 N–H and O–H groups in total. The van der Waals surface area contributed by atoms with Crippen molar-refractivity contribution in [1.82, 2.24) is 19.1 Å². The third kappa shape index (κ3) is 4.15. The molecular formula is C46H28N4O. The van der Waals surface area contributed by atoms with Crippen LogP contribution >= 0.6 is 0 Å². The molecule has 0 aliphatic heterocycles. The van der Waals surface area contributed by atoms with Crippen LogP contribution in [-0.4, -0.2) is 19.1 Å². The van der Waals surface area contributed by atoms with E-state index in [9.17, 15) is 0 Å². The first-order valence-electron chi connectivity index (χ1n) is 17.2. The molecule has 0 aliphatic carbocycles. The zero-order chi connectivity index (χ0) is 33.5. The molecule has 0 unspecified atom stereocenters. The summed E-state index contributed by atoms with van der Waals surface area (Å²) in [5, 5.41) is 6.89. The largest absolute Gasteiger partial charge is 0.456 e. The summed E-state index contributed by atoms with van der Waals surface area (Å²) in [5.41, 5.74) is 11.0. The lowest BCUT2D eigenvalue weighted by Crippen LogP contribution is -2.04. The molecule has 0 amide bonds. The lowest BCUT2D eigenvalue weighted by Gasteiger charge is -2.12. The second kappa shape index (κ2) is 10.8. The molecule has 4 aromatic heterocycles. The first kappa shape index (κ1) is 27.9.